The predicted octanol–water partition coefficient (Wildman–Crippen LogP) is 3.83. The quantitative estimate of drug-likeness (QED) is 0.717. The fraction of sp³-hybridized carbons (Fsp3) is 0.350. The Hall–Kier alpha value is -2.25. The Bertz CT molecular complexity index is 894. The number of rotatable bonds is 8. The molecule has 0 aliphatic heterocycles. The van der Waals surface area contributed by atoms with Crippen LogP contribution in [0.4, 0.5) is 10.1 Å². The second kappa shape index (κ2) is 8.63. The van der Waals surface area contributed by atoms with Gasteiger partial charge in [0.1, 0.15) is 5.67 Å². The van der Waals surface area contributed by atoms with Crippen LogP contribution in [0.15, 0.2) is 48.5 Å². The molecule has 0 spiro atoms. The molecule has 5 nitrogen and oxygen atoms in total. The molecule has 1 atom stereocenters. The van der Waals surface area contributed by atoms with Crippen molar-refractivity contribution >= 4 is 21.6 Å². The normalized spacial score (nSPS) is 13.8. The van der Waals surface area contributed by atoms with Crippen molar-refractivity contribution in [2.24, 2.45) is 0 Å². The van der Waals surface area contributed by atoms with Crippen molar-refractivity contribution in [2.75, 3.05) is 17.6 Å². The molecule has 0 saturated carbocycles. The first kappa shape index (κ1) is 21.1. The summed E-state index contributed by atoms with van der Waals surface area (Å²) in [6.45, 7) is 4.24. The van der Waals surface area contributed by atoms with E-state index >= 15 is 0 Å². The molecule has 0 fully saturated rings. The van der Waals surface area contributed by atoms with E-state index in [1.807, 2.05) is 18.2 Å². The fourth-order valence-electron chi connectivity index (χ4n) is 2.68. The maximum absolute atomic E-state index is 15.0. The van der Waals surface area contributed by atoms with E-state index < -0.39 is 15.7 Å². The molecule has 146 valence electrons. The van der Waals surface area contributed by atoms with E-state index in [1.165, 1.54) is 13.8 Å². The first-order chi connectivity index (χ1) is 12.6. The summed E-state index contributed by atoms with van der Waals surface area (Å²) in [4.78, 5) is 11.2. The Morgan fingerprint density at radius 1 is 1.11 bits per heavy atom. The third-order valence-corrected chi connectivity index (χ3v) is 5.63. The molecule has 7 heteroatoms. The number of hydrogen-bond donors (Lipinski definition) is 2. The Labute approximate surface area is 160 Å². The summed E-state index contributed by atoms with van der Waals surface area (Å²) in [5.41, 5.74) is 1.01. The number of alkyl halides is 1. The van der Waals surface area contributed by atoms with Gasteiger partial charge in [0.25, 0.3) is 0 Å². The molecule has 0 saturated heterocycles. The Kier molecular flexibility index (Phi) is 6.73. The van der Waals surface area contributed by atoms with Gasteiger partial charge in [0.15, 0.2) is 0 Å². The van der Waals surface area contributed by atoms with Crippen molar-refractivity contribution in [1.29, 1.82) is 0 Å². The van der Waals surface area contributed by atoms with Crippen LogP contribution in [0.25, 0.3) is 11.1 Å². The number of carbonyl (C=O) groups excluding carboxylic acids is 1. The molecular weight excluding hydrogens is 367 g/mol. The van der Waals surface area contributed by atoms with E-state index in [0.717, 1.165) is 11.1 Å². The third-order valence-electron chi connectivity index (χ3n) is 4.10. The smallest absolute Gasteiger partial charge is 0.221 e. The van der Waals surface area contributed by atoms with Gasteiger partial charge in [-0.3, -0.25) is 4.79 Å². The van der Waals surface area contributed by atoms with Gasteiger partial charge in [-0.25, -0.2) is 17.5 Å². The van der Waals surface area contributed by atoms with Crippen molar-refractivity contribution in [3.05, 3.63) is 54.1 Å². The van der Waals surface area contributed by atoms with Crippen molar-refractivity contribution in [1.82, 2.24) is 4.72 Å². The van der Waals surface area contributed by atoms with E-state index in [1.54, 1.807) is 37.3 Å². The molecule has 0 aliphatic rings. The Balaban J connectivity index is 2.15. The van der Waals surface area contributed by atoms with Crippen molar-refractivity contribution < 1.29 is 17.6 Å². The number of carbonyl (C=O) groups is 1. The van der Waals surface area contributed by atoms with Crippen LogP contribution in [-0.4, -0.2) is 26.6 Å². The lowest BCUT2D eigenvalue weighted by Gasteiger charge is -2.22. The summed E-state index contributed by atoms with van der Waals surface area (Å²) in [6.07, 6.45) is 0.477. The standard InChI is InChI=1S/C20H25FN2O3S/c1-4-12-27(25,26)22-14-20(3,21)18-10-8-16(9-11-18)17-6-5-7-19(13-17)23-15(2)24/h5-11,13,22H,4,12,14H2,1-3H3,(H,23,24). The van der Waals surface area contributed by atoms with Gasteiger partial charge in [-0.15, -0.1) is 0 Å². The van der Waals surface area contributed by atoms with Crippen molar-refractivity contribution in [2.45, 2.75) is 32.9 Å². The van der Waals surface area contributed by atoms with Crippen LogP contribution in [0.2, 0.25) is 0 Å². The minimum atomic E-state index is -3.46. The van der Waals surface area contributed by atoms with Gasteiger partial charge >= 0.3 is 0 Å². The van der Waals surface area contributed by atoms with Gasteiger partial charge in [-0.2, -0.15) is 0 Å². The molecule has 2 rings (SSSR count). The number of sulfonamides is 1. The van der Waals surface area contributed by atoms with Gasteiger partial charge in [0, 0.05) is 19.2 Å². The third kappa shape index (κ3) is 6.15. The molecule has 0 aliphatic carbocycles. The number of benzene rings is 2. The minimum absolute atomic E-state index is 0.0212. The van der Waals surface area contributed by atoms with E-state index in [-0.39, 0.29) is 18.2 Å². The largest absolute Gasteiger partial charge is 0.326 e. The molecule has 2 aromatic rings. The molecule has 0 aromatic heterocycles. The number of hydrogen-bond acceptors (Lipinski definition) is 3. The maximum Gasteiger partial charge on any atom is 0.221 e. The molecular formula is C20H25FN2O3S. The average Bonchev–Trinajstić information content (AvgIpc) is 2.60. The molecule has 0 heterocycles. The monoisotopic (exact) mass is 392 g/mol. The maximum atomic E-state index is 15.0. The van der Waals surface area contributed by atoms with Gasteiger partial charge in [0.05, 0.1) is 5.75 Å². The van der Waals surface area contributed by atoms with E-state index in [4.69, 9.17) is 0 Å². The van der Waals surface area contributed by atoms with Crippen LogP contribution in [0.1, 0.15) is 32.8 Å². The minimum Gasteiger partial charge on any atom is -0.326 e. The molecule has 2 N–H and O–H groups in total. The molecule has 2 aromatic carbocycles. The summed E-state index contributed by atoms with van der Waals surface area (Å²) in [5, 5.41) is 2.73. The highest BCUT2D eigenvalue weighted by Crippen LogP contribution is 2.29. The van der Waals surface area contributed by atoms with Crippen molar-refractivity contribution in [3.8, 4) is 11.1 Å². The topological polar surface area (TPSA) is 75.3 Å². The summed E-state index contributed by atoms with van der Waals surface area (Å²) < 4.78 is 40.8. The molecule has 0 bridgehead atoms. The SMILES string of the molecule is CCCS(=O)(=O)NCC(C)(F)c1ccc(-c2cccc(NC(C)=O)c2)cc1. The fourth-order valence-corrected chi connectivity index (χ4v) is 3.85. The summed E-state index contributed by atoms with van der Waals surface area (Å²) in [5.74, 6) is -0.173. The lowest BCUT2D eigenvalue weighted by atomic mass is 9.95. The molecule has 0 radical (unpaired) electrons. The van der Waals surface area contributed by atoms with Crippen LogP contribution in [-0.2, 0) is 20.5 Å². The number of halogens is 1. The van der Waals surface area contributed by atoms with E-state index in [2.05, 4.69) is 10.0 Å². The zero-order valence-corrected chi connectivity index (χ0v) is 16.6. The average molecular weight is 392 g/mol. The van der Waals surface area contributed by atoms with Crippen molar-refractivity contribution in [3.63, 3.8) is 0 Å². The van der Waals surface area contributed by atoms with Gasteiger partial charge in [0.2, 0.25) is 15.9 Å². The summed E-state index contributed by atoms with van der Waals surface area (Å²) in [6, 6.07) is 14.2. The summed E-state index contributed by atoms with van der Waals surface area (Å²) in [7, 11) is -3.46. The zero-order chi connectivity index (χ0) is 20.1. The second-order valence-corrected chi connectivity index (χ2v) is 8.60. The van der Waals surface area contributed by atoms with E-state index in [9.17, 15) is 17.6 Å². The van der Waals surface area contributed by atoms with Gasteiger partial charge in [-0.05, 0) is 42.2 Å². The highest BCUT2D eigenvalue weighted by atomic mass is 32.2. The highest BCUT2D eigenvalue weighted by Gasteiger charge is 2.27. The number of nitrogens with one attached hydrogen (secondary N) is 2. The van der Waals surface area contributed by atoms with Crippen LogP contribution in [0.5, 0.6) is 0 Å². The van der Waals surface area contributed by atoms with Crippen LogP contribution >= 0.6 is 0 Å². The zero-order valence-electron chi connectivity index (χ0n) is 15.8. The first-order valence-corrected chi connectivity index (χ1v) is 10.4. The molecule has 27 heavy (non-hydrogen) atoms. The van der Waals surface area contributed by atoms with Gasteiger partial charge < -0.3 is 5.32 Å². The van der Waals surface area contributed by atoms with Crippen LogP contribution in [0, 0.1) is 0 Å². The second-order valence-electron chi connectivity index (χ2n) is 6.68. The Morgan fingerprint density at radius 2 is 1.78 bits per heavy atom. The lowest BCUT2D eigenvalue weighted by molar-refractivity contribution is -0.114. The van der Waals surface area contributed by atoms with Crippen LogP contribution < -0.4 is 10.0 Å². The Morgan fingerprint density at radius 3 is 2.37 bits per heavy atom. The molecule has 1 amide bonds. The lowest BCUT2D eigenvalue weighted by Crippen LogP contribution is -2.36. The highest BCUT2D eigenvalue weighted by molar-refractivity contribution is 7.89. The number of anilines is 1. The number of amides is 1. The summed E-state index contributed by atoms with van der Waals surface area (Å²) >= 11 is 0. The van der Waals surface area contributed by atoms with Crippen LogP contribution in [0.3, 0.4) is 0 Å². The van der Waals surface area contributed by atoms with E-state index in [0.29, 0.717) is 17.7 Å². The molecule has 1 unspecified atom stereocenters. The first-order valence-electron chi connectivity index (χ1n) is 8.78. The predicted molar refractivity (Wildman–Crippen MR) is 107 cm³/mol. The van der Waals surface area contributed by atoms with Gasteiger partial charge in [-0.1, -0.05) is 43.3 Å².